The molecule has 3 rings (SSSR count). The van der Waals surface area contributed by atoms with E-state index in [0.717, 1.165) is 40.4 Å². The molecule has 0 atom stereocenters. The molecule has 0 bridgehead atoms. The van der Waals surface area contributed by atoms with Gasteiger partial charge in [-0.1, -0.05) is 34.1 Å². The molecule has 0 amide bonds. The molecule has 0 aromatic heterocycles. The third kappa shape index (κ3) is 3.31. The lowest BCUT2D eigenvalue weighted by Gasteiger charge is -2.11. The second kappa shape index (κ2) is 6.43. The predicted molar refractivity (Wildman–Crippen MR) is 97.3 cm³/mol. The summed E-state index contributed by atoms with van der Waals surface area (Å²) in [5.74, 6) is -0.805. The van der Waals surface area contributed by atoms with Crippen molar-refractivity contribution in [2.75, 3.05) is 0 Å². The first kappa shape index (κ1) is 17.3. The van der Waals surface area contributed by atoms with Crippen LogP contribution in [0, 0.1) is 12.7 Å². The van der Waals surface area contributed by atoms with E-state index < -0.39 is 20.7 Å². The molecule has 6 heteroatoms. The molecular weight excluding hydrogens is 393 g/mol. The Labute approximate surface area is 149 Å². The van der Waals surface area contributed by atoms with Gasteiger partial charge in [0.15, 0.2) is 0 Å². The number of aryl methyl sites for hydroxylation is 1. The highest BCUT2D eigenvalue weighted by atomic mass is 79.9. The van der Waals surface area contributed by atoms with Crippen LogP contribution in [0.3, 0.4) is 0 Å². The zero-order valence-electron chi connectivity index (χ0n) is 13.1. The second-order valence-electron chi connectivity index (χ2n) is 5.96. The fraction of sp³-hybridized carbons (Fsp3) is 0.222. The third-order valence-electron chi connectivity index (χ3n) is 4.31. The monoisotopic (exact) mass is 409 g/mol. The average molecular weight is 410 g/mol. The molecule has 0 radical (unpaired) electrons. The van der Waals surface area contributed by atoms with E-state index in [0.29, 0.717) is 5.56 Å². The highest BCUT2D eigenvalue weighted by Crippen LogP contribution is 2.40. The van der Waals surface area contributed by atoms with Gasteiger partial charge in [0.1, 0.15) is 10.7 Å². The van der Waals surface area contributed by atoms with Crippen LogP contribution in [-0.2, 0) is 10.0 Å². The summed E-state index contributed by atoms with van der Waals surface area (Å²) >= 11 is 3.50. The Hall–Kier alpha value is -1.50. The fourth-order valence-electron chi connectivity index (χ4n) is 3.13. The number of sulfonamides is 1. The van der Waals surface area contributed by atoms with Crippen LogP contribution in [0.4, 0.5) is 4.39 Å². The molecule has 0 unspecified atom stereocenters. The molecule has 0 heterocycles. The van der Waals surface area contributed by atoms with Gasteiger partial charge in [0.05, 0.1) is 0 Å². The van der Waals surface area contributed by atoms with Crippen LogP contribution in [0.5, 0.6) is 0 Å². The van der Waals surface area contributed by atoms with Gasteiger partial charge in [-0.15, -0.1) is 0 Å². The maximum Gasteiger partial charge on any atom is 0.240 e. The van der Waals surface area contributed by atoms with Gasteiger partial charge >= 0.3 is 0 Å². The van der Waals surface area contributed by atoms with E-state index in [-0.39, 0.29) is 0 Å². The van der Waals surface area contributed by atoms with Crippen molar-refractivity contribution in [3.05, 3.63) is 63.4 Å². The quantitative estimate of drug-likeness (QED) is 0.802. The fourth-order valence-corrected chi connectivity index (χ4v) is 3.97. The highest BCUT2D eigenvalue weighted by Gasteiger charge is 2.21. The Morgan fingerprint density at radius 3 is 2.17 bits per heavy atom. The van der Waals surface area contributed by atoms with Crippen molar-refractivity contribution in [1.82, 2.24) is 0 Å². The van der Waals surface area contributed by atoms with Crippen molar-refractivity contribution >= 4 is 37.1 Å². The van der Waals surface area contributed by atoms with Crippen molar-refractivity contribution < 1.29 is 12.8 Å². The number of rotatable bonds is 3. The summed E-state index contributed by atoms with van der Waals surface area (Å²) in [7, 11) is -4.05. The molecule has 24 heavy (non-hydrogen) atoms. The number of primary sulfonamides is 1. The van der Waals surface area contributed by atoms with E-state index in [4.69, 9.17) is 5.14 Å². The van der Waals surface area contributed by atoms with Crippen LogP contribution in [0.25, 0.3) is 11.1 Å². The maximum absolute atomic E-state index is 14.2. The minimum atomic E-state index is -4.05. The van der Waals surface area contributed by atoms with Crippen molar-refractivity contribution in [2.24, 2.45) is 5.14 Å². The molecule has 1 aliphatic carbocycles. The summed E-state index contributed by atoms with van der Waals surface area (Å²) in [6, 6.07) is 10.3. The summed E-state index contributed by atoms with van der Waals surface area (Å²) < 4.78 is 37.9. The molecule has 3 nitrogen and oxygen atoms in total. The van der Waals surface area contributed by atoms with Gasteiger partial charge in [-0.05, 0) is 72.2 Å². The lowest BCUT2D eigenvalue weighted by Crippen LogP contribution is -2.14. The normalized spacial score (nSPS) is 15.2. The number of halogens is 2. The van der Waals surface area contributed by atoms with Gasteiger partial charge in [0.2, 0.25) is 10.0 Å². The Kier molecular flexibility index (Phi) is 4.64. The molecule has 0 aliphatic heterocycles. The van der Waals surface area contributed by atoms with Gasteiger partial charge in [-0.25, -0.2) is 17.9 Å². The second-order valence-corrected chi connectivity index (χ2v) is 8.35. The standard InChI is InChI=1S/C18H17BrFNO2S/c1-11-9-12(5-7-16(11)19)14-3-2-4-15(14)13-6-8-18(17(20)10-13)24(21,22)23/h5-10H,2-4H2,1H3,(H2,21,22,23). The Morgan fingerprint density at radius 2 is 1.62 bits per heavy atom. The molecule has 1 aliphatic rings. The molecular formula is C18H17BrFNO2S. The van der Waals surface area contributed by atoms with Gasteiger partial charge in [-0.3, -0.25) is 0 Å². The molecule has 0 fully saturated rings. The average Bonchev–Trinajstić information content (AvgIpc) is 2.98. The highest BCUT2D eigenvalue weighted by molar-refractivity contribution is 9.10. The van der Waals surface area contributed by atoms with Crippen molar-refractivity contribution in [2.45, 2.75) is 31.1 Å². The van der Waals surface area contributed by atoms with E-state index in [1.165, 1.54) is 17.7 Å². The Morgan fingerprint density at radius 1 is 1.04 bits per heavy atom. The zero-order valence-corrected chi connectivity index (χ0v) is 15.5. The van der Waals surface area contributed by atoms with E-state index in [2.05, 4.69) is 22.0 Å². The van der Waals surface area contributed by atoms with Crippen LogP contribution in [0.2, 0.25) is 0 Å². The Bertz CT molecular complexity index is 951. The Balaban J connectivity index is 2.09. The van der Waals surface area contributed by atoms with Gasteiger partial charge in [0.25, 0.3) is 0 Å². The first-order valence-electron chi connectivity index (χ1n) is 7.58. The molecule has 0 saturated heterocycles. The smallest absolute Gasteiger partial charge is 0.225 e. The van der Waals surface area contributed by atoms with E-state index in [9.17, 15) is 12.8 Å². The van der Waals surface area contributed by atoms with E-state index in [1.54, 1.807) is 6.07 Å². The van der Waals surface area contributed by atoms with Crippen molar-refractivity contribution in [3.63, 3.8) is 0 Å². The summed E-state index contributed by atoms with van der Waals surface area (Å²) in [6.07, 6.45) is 2.77. The van der Waals surface area contributed by atoms with Crippen molar-refractivity contribution in [1.29, 1.82) is 0 Å². The van der Waals surface area contributed by atoms with Gasteiger partial charge in [0, 0.05) is 4.47 Å². The van der Waals surface area contributed by atoms with Crippen LogP contribution >= 0.6 is 15.9 Å². The minimum absolute atomic E-state index is 0.467. The summed E-state index contributed by atoms with van der Waals surface area (Å²) in [5, 5.41) is 5.03. The molecule has 126 valence electrons. The lowest BCUT2D eigenvalue weighted by atomic mass is 9.96. The van der Waals surface area contributed by atoms with Crippen LogP contribution in [0.15, 0.2) is 45.8 Å². The minimum Gasteiger partial charge on any atom is -0.225 e. The molecule has 0 spiro atoms. The SMILES string of the molecule is Cc1cc(C2=C(c3ccc(S(N)(=O)=O)c(F)c3)CCC2)ccc1Br. The van der Waals surface area contributed by atoms with Gasteiger partial charge in [-0.2, -0.15) is 0 Å². The third-order valence-corrected chi connectivity index (χ3v) is 6.14. The summed E-state index contributed by atoms with van der Waals surface area (Å²) in [6.45, 7) is 2.03. The molecule has 0 saturated carbocycles. The largest absolute Gasteiger partial charge is 0.240 e. The summed E-state index contributed by atoms with van der Waals surface area (Å²) in [4.78, 5) is -0.467. The zero-order chi connectivity index (χ0) is 17.5. The first-order chi connectivity index (χ1) is 11.3. The molecule has 2 aromatic rings. The van der Waals surface area contributed by atoms with E-state index >= 15 is 0 Å². The topological polar surface area (TPSA) is 60.2 Å². The maximum atomic E-state index is 14.2. The number of hydrogen-bond donors (Lipinski definition) is 1. The van der Waals surface area contributed by atoms with Crippen LogP contribution in [0.1, 0.15) is 36.0 Å². The molecule has 2 aromatic carbocycles. The summed E-state index contributed by atoms with van der Waals surface area (Å²) in [5.41, 5.74) is 5.24. The first-order valence-corrected chi connectivity index (χ1v) is 9.92. The number of allylic oxidation sites excluding steroid dienone is 2. The number of nitrogens with two attached hydrogens (primary N) is 1. The predicted octanol–water partition coefficient (Wildman–Crippen LogP) is 4.64. The van der Waals surface area contributed by atoms with E-state index in [1.807, 2.05) is 19.1 Å². The van der Waals surface area contributed by atoms with Crippen molar-refractivity contribution in [3.8, 4) is 0 Å². The number of benzene rings is 2. The number of hydrogen-bond acceptors (Lipinski definition) is 2. The van der Waals surface area contributed by atoms with Crippen LogP contribution < -0.4 is 5.14 Å². The van der Waals surface area contributed by atoms with Gasteiger partial charge < -0.3 is 0 Å². The van der Waals surface area contributed by atoms with Crippen LogP contribution in [-0.4, -0.2) is 8.42 Å². The lowest BCUT2D eigenvalue weighted by molar-refractivity contribution is 0.568. The molecule has 2 N–H and O–H groups in total.